The van der Waals surface area contributed by atoms with Crippen molar-refractivity contribution < 1.29 is 53.1 Å². The monoisotopic (exact) mass is 521 g/mol. The third kappa shape index (κ3) is 17.0. The van der Waals surface area contributed by atoms with Gasteiger partial charge in [0.05, 0.1) is 6.61 Å². The van der Waals surface area contributed by atoms with E-state index in [1.807, 2.05) is 0 Å². The number of carboxylic acid groups (broad SMARTS) is 3. The predicted octanol–water partition coefficient (Wildman–Crippen LogP) is 0.686. The van der Waals surface area contributed by atoms with E-state index < -0.39 is 50.1 Å². The molecule has 0 heterocycles. The van der Waals surface area contributed by atoms with Crippen molar-refractivity contribution in [3.8, 4) is 0 Å². The Bertz CT molecular complexity index is 827. The molecule has 0 spiro atoms. The van der Waals surface area contributed by atoms with Gasteiger partial charge < -0.3 is 35.4 Å². The first-order valence-corrected chi connectivity index (χ1v) is 11.5. The largest absolute Gasteiger partial charge is 0.481 e. The zero-order valence-electron chi connectivity index (χ0n) is 18.9. The Labute approximate surface area is 201 Å². The lowest BCUT2D eigenvalue weighted by atomic mass is 10.1. The number of carbonyl (C=O) groups is 5. The van der Waals surface area contributed by atoms with Crippen LogP contribution in [0.1, 0.15) is 42.5 Å². The second-order valence-electron chi connectivity index (χ2n) is 6.73. The molecule has 2 amide bonds. The summed E-state index contributed by atoms with van der Waals surface area (Å²) in [7, 11) is -0.196. The van der Waals surface area contributed by atoms with Gasteiger partial charge in [0.2, 0.25) is 5.91 Å². The van der Waals surface area contributed by atoms with Gasteiger partial charge in [0.15, 0.2) is 0 Å². The minimum Gasteiger partial charge on any atom is -0.481 e. The van der Waals surface area contributed by atoms with Gasteiger partial charge in [0.25, 0.3) is 14.4 Å². The molecule has 13 nitrogen and oxygen atoms in total. The first-order chi connectivity index (χ1) is 16.5. The highest BCUT2D eigenvalue weighted by Crippen LogP contribution is 2.23. The van der Waals surface area contributed by atoms with Crippen molar-refractivity contribution in [3.05, 3.63) is 35.6 Å². The Morgan fingerprint density at radius 1 is 1.00 bits per heavy atom. The molecule has 7 N–H and O–H groups in total. The smallest absolute Gasteiger partial charge is 0.326 e. The maximum Gasteiger partial charge on any atom is 0.326 e. The van der Waals surface area contributed by atoms with Crippen molar-refractivity contribution in [3.63, 3.8) is 0 Å². The number of aliphatic carboxylic acids is 3. The van der Waals surface area contributed by atoms with E-state index in [4.69, 9.17) is 24.7 Å². The Balaban J connectivity index is 0.00000109. The minimum absolute atomic E-state index is 0.0632. The number of rotatable bonds is 15. The summed E-state index contributed by atoms with van der Waals surface area (Å²) in [6, 6.07) is 3.39. The van der Waals surface area contributed by atoms with E-state index in [-0.39, 0.29) is 50.8 Å². The molecule has 196 valence electrons. The summed E-state index contributed by atoms with van der Waals surface area (Å²) < 4.78 is 17.8. The molecule has 2 unspecified atom stereocenters. The molecule has 1 aromatic carbocycles. The third-order valence-electron chi connectivity index (χ3n) is 3.98. The van der Waals surface area contributed by atoms with Crippen molar-refractivity contribution >= 4 is 38.2 Å². The SMILES string of the molecule is CNP(O)OCCNC(=O)CCC(NC(=O)c1ccc(F)cc1)C(=O)O.O=C(O)CCCC(=O)O. The molecule has 0 aliphatic heterocycles. The Kier molecular flexibility index (Phi) is 16.5. The van der Waals surface area contributed by atoms with Crippen LogP contribution in [0.4, 0.5) is 4.39 Å². The summed E-state index contributed by atoms with van der Waals surface area (Å²) in [5.41, 5.74) is 0.115. The molecular formula is C20H29FN3O10P. The Morgan fingerprint density at radius 2 is 1.57 bits per heavy atom. The third-order valence-corrected chi connectivity index (χ3v) is 4.79. The van der Waals surface area contributed by atoms with Gasteiger partial charge >= 0.3 is 17.9 Å². The number of nitrogens with one attached hydrogen (secondary N) is 3. The van der Waals surface area contributed by atoms with Crippen LogP contribution in [-0.2, 0) is 23.7 Å². The second-order valence-corrected chi connectivity index (χ2v) is 7.98. The highest BCUT2D eigenvalue weighted by Gasteiger charge is 2.21. The van der Waals surface area contributed by atoms with Crippen LogP contribution in [0.15, 0.2) is 24.3 Å². The summed E-state index contributed by atoms with van der Waals surface area (Å²) in [5, 5.41) is 32.5. The molecule has 0 bridgehead atoms. The molecule has 0 aliphatic rings. The van der Waals surface area contributed by atoms with Crippen molar-refractivity contribution in [2.24, 2.45) is 0 Å². The van der Waals surface area contributed by atoms with Crippen LogP contribution in [-0.4, -0.2) is 76.2 Å². The lowest BCUT2D eigenvalue weighted by Gasteiger charge is -2.14. The van der Waals surface area contributed by atoms with E-state index in [1.165, 1.54) is 19.2 Å². The van der Waals surface area contributed by atoms with Gasteiger partial charge in [-0.1, -0.05) is 0 Å². The quantitative estimate of drug-likeness (QED) is 0.126. The van der Waals surface area contributed by atoms with Gasteiger partial charge in [0, 0.05) is 31.4 Å². The van der Waals surface area contributed by atoms with Crippen molar-refractivity contribution in [2.45, 2.75) is 38.1 Å². The molecule has 2 atom stereocenters. The number of amides is 2. The zero-order valence-corrected chi connectivity index (χ0v) is 19.8. The van der Waals surface area contributed by atoms with Crippen LogP contribution in [0.3, 0.4) is 0 Å². The highest BCUT2D eigenvalue weighted by molar-refractivity contribution is 7.43. The molecule has 0 saturated carbocycles. The molecule has 0 fully saturated rings. The first kappa shape index (κ1) is 31.8. The number of hydrogen-bond donors (Lipinski definition) is 7. The number of carbonyl (C=O) groups excluding carboxylic acids is 2. The van der Waals surface area contributed by atoms with Crippen LogP contribution in [0, 0.1) is 5.82 Å². The van der Waals surface area contributed by atoms with Gasteiger partial charge in [-0.15, -0.1) is 0 Å². The minimum atomic E-state index is -1.72. The maximum absolute atomic E-state index is 12.8. The second kappa shape index (κ2) is 18.2. The van der Waals surface area contributed by atoms with Gasteiger partial charge in [-0.05, 0) is 44.2 Å². The lowest BCUT2D eigenvalue weighted by molar-refractivity contribution is -0.140. The molecule has 0 aliphatic carbocycles. The van der Waals surface area contributed by atoms with Crippen molar-refractivity contribution in [2.75, 3.05) is 20.2 Å². The summed E-state index contributed by atoms with van der Waals surface area (Å²) in [5.74, 6) is -4.78. The molecule has 15 heteroatoms. The van der Waals surface area contributed by atoms with E-state index in [1.54, 1.807) is 0 Å². The Hall–Kier alpha value is -3.19. The van der Waals surface area contributed by atoms with Crippen molar-refractivity contribution in [1.29, 1.82) is 0 Å². The van der Waals surface area contributed by atoms with Crippen LogP contribution < -0.4 is 15.7 Å². The van der Waals surface area contributed by atoms with Crippen LogP contribution in [0.25, 0.3) is 0 Å². The van der Waals surface area contributed by atoms with Crippen LogP contribution in [0.5, 0.6) is 0 Å². The average molecular weight is 521 g/mol. The topological polar surface area (TPSA) is 212 Å². The highest BCUT2D eigenvalue weighted by atomic mass is 31.2. The van der Waals surface area contributed by atoms with E-state index in [0.29, 0.717) is 0 Å². The van der Waals surface area contributed by atoms with Gasteiger partial charge in [-0.3, -0.25) is 24.3 Å². The molecule has 0 aromatic heterocycles. The molecular weight excluding hydrogens is 492 g/mol. The van der Waals surface area contributed by atoms with E-state index in [0.717, 1.165) is 12.1 Å². The van der Waals surface area contributed by atoms with Gasteiger partial charge in [-0.2, -0.15) is 0 Å². The summed E-state index contributed by atoms with van der Waals surface area (Å²) in [6.45, 7) is 0.248. The average Bonchev–Trinajstić information content (AvgIpc) is 2.79. The van der Waals surface area contributed by atoms with Gasteiger partial charge in [-0.25, -0.2) is 9.18 Å². The number of carboxylic acids is 3. The fourth-order valence-corrected chi connectivity index (χ4v) is 2.64. The van der Waals surface area contributed by atoms with Crippen LogP contribution >= 0.6 is 8.53 Å². The summed E-state index contributed by atoms with van der Waals surface area (Å²) >= 11 is 0. The fourth-order valence-electron chi connectivity index (χ4n) is 2.24. The standard InChI is InChI=1S/C15H21FN3O6P.C5H8O4/c1-17-26(24)25-9-8-18-13(20)7-6-12(15(22)23)19-14(21)10-2-4-11(16)5-3-10;6-4(7)2-1-3-5(8)9/h2-5,12,17,24H,6-9H2,1H3,(H,18,20)(H,19,21)(H,22,23);1-3H2,(H,6,7)(H,8,9). The molecule has 1 aromatic rings. The first-order valence-electron chi connectivity index (χ1n) is 10.2. The predicted molar refractivity (Wildman–Crippen MR) is 121 cm³/mol. The number of benzene rings is 1. The molecule has 0 saturated heterocycles. The van der Waals surface area contributed by atoms with E-state index in [9.17, 15) is 28.4 Å². The zero-order chi connectivity index (χ0) is 26.8. The van der Waals surface area contributed by atoms with Crippen LogP contribution in [0.2, 0.25) is 0 Å². The fraction of sp³-hybridized carbons (Fsp3) is 0.450. The maximum atomic E-state index is 12.8. The van der Waals surface area contributed by atoms with E-state index in [2.05, 4.69) is 15.7 Å². The normalized spacial score (nSPS) is 11.9. The molecule has 1 rings (SSSR count). The summed E-state index contributed by atoms with van der Waals surface area (Å²) in [6.07, 6.45) is -0.151. The Morgan fingerprint density at radius 3 is 2.06 bits per heavy atom. The number of halogens is 1. The molecule has 35 heavy (non-hydrogen) atoms. The molecule has 0 radical (unpaired) electrons. The van der Waals surface area contributed by atoms with Crippen molar-refractivity contribution in [1.82, 2.24) is 15.7 Å². The number of hydrogen-bond acceptors (Lipinski definition) is 8. The van der Waals surface area contributed by atoms with Gasteiger partial charge in [0.1, 0.15) is 11.9 Å². The summed E-state index contributed by atoms with van der Waals surface area (Å²) in [4.78, 5) is 63.6. The lowest BCUT2D eigenvalue weighted by Crippen LogP contribution is -2.41. The van der Waals surface area contributed by atoms with E-state index >= 15 is 0 Å².